The normalized spacial score (nSPS) is 13.9. The van der Waals surface area contributed by atoms with Gasteiger partial charge in [-0.15, -0.1) is 0 Å². The zero-order chi connectivity index (χ0) is 13.1. The molecule has 0 aliphatic carbocycles. The Morgan fingerprint density at radius 3 is 2.12 bits per heavy atom. The van der Waals surface area contributed by atoms with Crippen LogP contribution in [-0.2, 0) is 8.85 Å². The van der Waals surface area contributed by atoms with E-state index in [2.05, 4.69) is 33.9 Å². The van der Waals surface area contributed by atoms with Crippen LogP contribution in [0, 0.1) is 0 Å². The van der Waals surface area contributed by atoms with Crippen molar-refractivity contribution >= 4 is 8.56 Å². The van der Waals surface area contributed by atoms with Crippen molar-refractivity contribution in [2.24, 2.45) is 0 Å². The minimum atomic E-state index is -1.89. The van der Waals surface area contributed by atoms with Gasteiger partial charge < -0.3 is 8.85 Å². The Morgan fingerprint density at radius 2 is 1.59 bits per heavy atom. The number of hydrogen-bond acceptors (Lipinski definition) is 2. The first kappa shape index (κ1) is 17.1. The van der Waals surface area contributed by atoms with Gasteiger partial charge in [0.05, 0.1) is 0 Å². The number of rotatable bonds is 11. The van der Waals surface area contributed by atoms with E-state index in [1.54, 1.807) is 0 Å². The summed E-state index contributed by atoms with van der Waals surface area (Å²) >= 11 is 0. The van der Waals surface area contributed by atoms with Gasteiger partial charge in [0.25, 0.3) is 0 Å². The van der Waals surface area contributed by atoms with Gasteiger partial charge in [0, 0.05) is 12.7 Å². The lowest BCUT2D eigenvalue weighted by atomic mass is 10.1. The molecular formula is C14H32O2Si. The molecule has 0 aromatic heterocycles. The second-order valence-corrected chi connectivity index (χ2v) is 8.57. The molecule has 0 aromatic rings. The standard InChI is InChI=1S/C14H32O2Si/c1-6-9-11-13-15-17(4,5)16-14(8-3)12-10-7-2/h14H,6-13H2,1-5H3. The minimum Gasteiger partial charge on any atom is -0.395 e. The molecule has 17 heavy (non-hydrogen) atoms. The van der Waals surface area contributed by atoms with Crippen LogP contribution in [0.1, 0.15) is 65.7 Å². The van der Waals surface area contributed by atoms with Crippen molar-refractivity contribution in [1.29, 1.82) is 0 Å². The van der Waals surface area contributed by atoms with Crippen molar-refractivity contribution in [3.63, 3.8) is 0 Å². The summed E-state index contributed by atoms with van der Waals surface area (Å²) in [5.41, 5.74) is 0. The smallest absolute Gasteiger partial charge is 0.331 e. The predicted molar refractivity (Wildman–Crippen MR) is 77.6 cm³/mol. The minimum absolute atomic E-state index is 0.405. The van der Waals surface area contributed by atoms with E-state index in [4.69, 9.17) is 8.85 Å². The van der Waals surface area contributed by atoms with Crippen molar-refractivity contribution < 1.29 is 8.85 Å². The number of unbranched alkanes of at least 4 members (excludes halogenated alkanes) is 3. The molecule has 0 fully saturated rings. The lowest BCUT2D eigenvalue weighted by molar-refractivity contribution is 0.108. The van der Waals surface area contributed by atoms with Crippen LogP contribution in [0.25, 0.3) is 0 Å². The van der Waals surface area contributed by atoms with Crippen LogP contribution in [0.15, 0.2) is 0 Å². The van der Waals surface area contributed by atoms with Crippen molar-refractivity contribution in [1.82, 2.24) is 0 Å². The lowest BCUT2D eigenvalue weighted by Crippen LogP contribution is -2.39. The van der Waals surface area contributed by atoms with Crippen LogP contribution in [0.4, 0.5) is 0 Å². The summed E-state index contributed by atoms with van der Waals surface area (Å²) in [4.78, 5) is 0. The molecule has 0 N–H and O–H groups in total. The second-order valence-electron chi connectivity index (χ2n) is 5.25. The van der Waals surface area contributed by atoms with Gasteiger partial charge >= 0.3 is 8.56 Å². The SMILES string of the molecule is CCCCCO[Si](C)(C)OC(CC)CCCC. The van der Waals surface area contributed by atoms with E-state index in [9.17, 15) is 0 Å². The van der Waals surface area contributed by atoms with Crippen LogP contribution in [-0.4, -0.2) is 21.3 Å². The summed E-state index contributed by atoms with van der Waals surface area (Å²) in [6.45, 7) is 11.9. The fraction of sp³-hybridized carbons (Fsp3) is 1.00. The molecule has 2 nitrogen and oxygen atoms in total. The van der Waals surface area contributed by atoms with E-state index in [-0.39, 0.29) is 0 Å². The molecule has 0 rings (SSSR count). The van der Waals surface area contributed by atoms with Gasteiger partial charge in [0.1, 0.15) is 0 Å². The number of hydrogen-bond donors (Lipinski definition) is 0. The molecule has 104 valence electrons. The van der Waals surface area contributed by atoms with Gasteiger partial charge in [-0.25, -0.2) is 0 Å². The van der Waals surface area contributed by atoms with Gasteiger partial charge in [-0.2, -0.15) is 0 Å². The zero-order valence-corrected chi connectivity index (χ0v) is 13.6. The Labute approximate surface area is 109 Å². The Morgan fingerprint density at radius 1 is 0.941 bits per heavy atom. The third-order valence-electron chi connectivity index (χ3n) is 2.98. The highest BCUT2D eigenvalue weighted by molar-refractivity contribution is 6.64. The van der Waals surface area contributed by atoms with E-state index in [1.165, 1.54) is 38.5 Å². The zero-order valence-electron chi connectivity index (χ0n) is 12.6. The molecular weight excluding hydrogens is 228 g/mol. The third kappa shape index (κ3) is 9.80. The predicted octanol–water partition coefficient (Wildman–Crippen LogP) is 4.88. The molecule has 0 aliphatic heterocycles. The quantitative estimate of drug-likeness (QED) is 0.389. The highest BCUT2D eigenvalue weighted by Crippen LogP contribution is 2.17. The molecule has 0 saturated heterocycles. The first-order chi connectivity index (χ1) is 8.05. The monoisotopic (exact) mass is 260 g/mol. The van der Waals surface area contributed by atoms with Crippen molar-refractivity contribution in [3.8, 4) is 0 Å². The molecule has 1 atom stereocenters. The van der Waals surface area contributed by atoms with Crippen LogP contribution >= 0.6 is 0 Å². The highest BCUT2D eigenvalue weighted by atomic mass is 28.4. The van der Waals surface area contributed by atoms with Gasteiger partial charge in [0.15, 0.2) is 0 Å². The van der Waals surface area contributed by atoms with Crippen molar-refractivity contribution in [2.45, 2.75) is 84.9 Å². The van der Waals surface area contributed by atoms with Gasteiger partial charge in [-0.05, 0) is 32.4 Å². The molecule has 0 amide bonds. The highest BCUT2D eigenvalue weighted by Gasteiger charge is 2.27. The van der Waals surface area contributed by atoms with Crippen LogP contribution in [0.2, 0.25) is 13.1 Å². The van der Waals surface area contributed by atoms with E-state index >= 15 is 0 Å². The van der Waals surface area contributed by atoms with E-state index < -0.39 is 8.56 Å². The summed E-state index contributed by atoms with van der Waals surface area (Å²) < 4.78 is 12.1. The molecule has 0 bridgehead atoms. The molecule has 0 spiro atoms. The van der Waals surface area contributed by atoms with Gasteiger partial charge in [-0.1, -0.05) is 46.5 Å². The van der Waals surface area contributed by atoms with E-state index in [0.29, 0.717) is 6.10 Å². The van der Waals surface area contributed by atoms with Gasteiger partial charge in [0.2, 0.25) is 0 Å². The molecule has 3 heteroatoms. The molecule has 0 aliphatic rings. The van der Waals surface area contributed by atoms with Crippen molar-refractivity contribution in [3.05, 3.63) is 0 Å². The maximum absolute atomic E-state index is 6.19. The summed E-state index contributed by atoms with van der Waals surface area (Å²) in [5, 5.41) is 0. The largest absolute Gasteiger partial charge is 0.395 e. The average molecular weight is 260 g/mol. The third-order valence-corrected chi connectivity index (χ3v) is 4.78. The maximum atomic E-state index is 6.19. The average Bonchev–Trinajstić information content (AvgIpc) is 2.30. The Hall–Kier alpha value is 0.137. The first-order valence-electron chi connectivity index (χ1n) is 7.37. The molecule has 1 unspecified atom stereocenters. The summed E-state index contributed by atoms with van der Waals surface area (Å²) in [5.74, 6) is 0. The second kappa shape index (κ2) is 10.1. The Kier molecular flexibility index (Phi) is 10.2. The van der Waals surface area contributed by atoms with E-state index in [0.717, 1.165) is 13.0 Å². The molecule has 0 saturated carbocycles. The molecule has 0 heterocycles. The fourth-order valence-corrected chi connectivity index (χ4v) is 3.67. The van der Waals surface area contributed by atoms with Crippen molar-refractivity contribution in [2.75, 3.05) is 6.61 Å². The Bertz CT molecular complexity index is 172. The summed E-state index contributed by atoms with van der Waals surface area (Å²) in [6.07, 6.45) is 8.89. The maximum Gasteiger partial charge on any atom is 0.331 e. The fourth-order valence-electron chi connectivity index (χ4n) is 1.88. The molecule has 0 radical (unpaired) electrons. The summed E-state index contributed by atoms with van der Waals surface area (Å²) in [7, 11) is -1.89. The molecule has 0 aromatic carbocycles. The van der Waals surface area contributed by atoms with Crippen LogP contribution in [0.5, 0.6) is 0 Å². The summed E-state index contributed by atoms with van der Waals surface area (Å²) in [6, 6.07) is 0. The first-order valence-corrected chi connectivity index (χ1v) is 10.2. The lowest BCUT2D eigenvalue weighted by Gasteiger charge is -2.28. The van der Waals surface area contributed by atoms with Crippen LogP contribution < -0.4 is 0 Å². The van der Waals surface area contributed by atoms with E-state index in [1.807, 2.05) is 0 Å². The topological polar surface area (TPSA) is 18.5 Å². The van der Waals surface area contributed by atoms with Gasteiger partial charge in [-0.3, -0.25) is 0 Å². The Balaban J connectivity index is 3.85. The van der Waals surface area contributed by atoms with Crippen LogP contribution in [0.3, 0.4) is 0 Å².